The van der Waals surface area contributed by atoms with Crippen LogP contribution in [0.25, 0.3) is 0 Å². The first kappa shape index (κ1) is 11.3. The predicted octanol–water partition coefficient (Wildman–Crippen LogP) is 2.65. The molecule has 0 aromatic rings. The first-order valence-corrected chi connectivity index (χ1v) is 7.27. The first-order valence-electron chi connectivity index (χ1n) is 6.11. The van der Waals surface area contributed by atoms with Gasteiger partial charge in [-0.2, -0.15) is 17.0 Å². The Hall–Kier alpha value is -0.200. The fourth-order valence-electron chi connectivity index (χ4n) is 2.80. The van der Waals surface area contributed by atoms with E-state index in [9.17, 15) is 5.26 Å². The minimum absolute atomic E-state index is 0.0997. The van der Waals surface area contributed by atoms with Gasteiger partial charge in [0.1, 0.15) is 5.54 Å². The van der Waals surface area contributed by atoms with Crippen LogP contribution in [0, 0.1) is 11.3 Å². The molecule has 1 heterocycles. The minimum Gasteiger partial charge on any atom is -0.284 e. The van der Waals surface area contributed by atoms with Gasteiger partial charge in [-0.25, -0.2) is 0 Å². The van der Waals surface area contributed by atoms with E-state index in [-0.39, 0.29) is 5.54 Å². The van der Waals surface area contributed by atoms with Crippen LogP contribution in [0.1, 0.15) is 38.5 Å². The molecule has 2 fully saturated rings. The summed E-state index contributed by atoms with van der Waals surface area (Å²) in [4.78, 5) is 2.47. The maximum absolute atomic E-state index is 9.52. The van der Waals surface area contributed by atoms with E-state index >= 15 is 0 Å². The van der Waals surface area contributed by atoms with E-state index in [2.05, 4.69) is 11.0 Å². The van der Waals surface area contributed by atoms with Crippen LogP contribution in [0.2, 0.25) is 0 Å². The number of nitriles is 1. The largest absolute Gasteiger partial charge is 0.284 e. The first-order chi connectivity index (χ1) is 7.37. The van der Waals surface area contributed by atoms with E-state index in [0.29, 0.717) is 0 Å². The van der Waals surface area contributed by atoms with Gasteiger partial charge in [-0.3, -0.25) is 4.90 Å². The van der Waals surface area contributed by atoms with Gasteiger partial charge in [0.05, 0.1) is 6.07 Å². The minimum atomic E-state index is -0.0997. The third kappa shape index (κ3) is 2.49. The van der Waals surface area contributed by atoms with Crippen LogP contribution in [0.3, 0.4) is 0 Å². The van der Waals surface area contributed by atoms with Crippen molar-refractivity contribution < 1.29 is 0 Å². The molecule has 3 heteroatoms. The van der Waals surface area contributed by atoms with E-state index in [1.54, 1.807) is 0 Å². The Morgan fingerprint density at radius 1 is 1.00 bits per heavy atom. The standard InChI is InChI=1S/C12H20N2S/c13-11-12(5-3-1-2-4-6-12)14-7-9-15-10-8-14/h1-10H2. The molecule has 0 unspecified atom stereocenters. The highest BCUT2D eigenvalue weighted by Crippen LogP contribution is 2.33. The third-order valence-electron chi connectivity index (χ3n) is 3.76. The number of thioether (sulfide) groups is 1. The summed E-state index contributed by atoms with van der Waals surface area (Å²) in [6.45, 7) is 2.25. The monoisotopic (exact) mass is 224 g/mol. The topological polar surface area (TPSA) is 27.0 Å². The second kappa shape index (κ2) is 5.23. The summed E-state index contributed by atoms with van der Waals surface area (Å²) in [7, 11) is 0. The maximum atomic E-state index is 9.52. The van der Waals surface area contributed by atoms with Gasteiger partial charge in [0.2, 0.25) is 0 Å². The van der Waals surface area contributed by atoms with Crippen LogP contribution in [0.15, 0.2) is 0 Å². The second-order valence-electron chi connectivity index (χ2n) is 4.66. The highest BCUT2D eigenvalue weighted by molar-refractivity contribution is 7.99. The molecule has 1 aliphatic carbocycles. The third-order valence-corrected chi connectivity index (χ3v) is 4.70. The van der Waals surface area contributed by atoms with Gasteiger partial charge in [0.25, 0.3) is 0 Å². The molecule has 0 atom stereocenters. The summed E-state index contributed by atoms with van der Waals surface area (Å²) in [5, 5.41) is 9.52. The zero-order chi connectivity index (χ0) is 10.6. The molecule has 0 spiro atoms. The van der Waals surface area contributed by atoms with Crippen molar-refractivity contribution >= 4 is 11.8 Å². The quantitative estimate of drug-likeness (QED) is 0.641. The Bertz CT molecular complexity index is 232. The Kier molecular flexibility index (Phi) is 3.93. The molecule has 1 aliphatic heterocycles. The zero-order valence-corrected chi connectivity index (χ0v) is 10.2. The van der Waals surface area contributed by atoms with E-state index in [4.69, 9.17) is 0 Å². The average molecular weight is 224 g/mol. The molecule has 2 nitrogen and oxygen atoms in total. The smallest absolute Gasteiger partial charge is 0.109 e. The Balaban J connectivity index is 2.07. The van der Waals surface area contributed by atoms with Crippen LogP contribution in [0.5, 0.6) is 0 Å². The van der Waals surface area contributed by atoms with Crippen molar-refractivity contribution in [3.8, 4) is 6.07 Å². The fraction of sp³-hybridized carbons (Fsp3) is 0.917. The van der Waals surface area contributed by atoms with Gasteiger partial charge < -0.3 is 0 Å². The van der Waals surface area contributed by atoms with E-state index < -0.39 is 0 Å². The van der Waals surface area contributed by atoms with Crippen LogP contribution >= 0.6 is 11.8 Å². The van der Waals surface area contributed by atoms with Crippen molar-refractivity contribution in [3.05, 3.63) is 0 Å². The number of hydrogen-bond acceptors (Lipinski definition) is 3. The summed E-state index contributed by atoms with van der Waals surface area (Å²) in [6, 6.07) is 2.64. The molecule has 0 aromatic heterocycles. The fourth-order valence-corrected chi connectivity index (χ4v) is 3.71. The van der Waals surface area contributed by atoms with Crippen molar-refractivity contribution in [1.82, 2.24) is 4.90 Å². The molecular formula is C12H20N2S. The maximum Gasteiger partial charge on any atom is 0.109 e. The molecule has 1 saturated heterocycles. The summed E-state index contributed by atoms with van der Waals surface area (Å²) >= 11 is 2.03. The number of nitrogens with zero attached hydrogens (tertiary/aromatic N) is 2. The van der Waals surface area contributed by atoms with Crippen molar-refractivity contribution in [2.45, 2.75) is 44.1 Å². The SMILES string of the molecule is N#CC1(N2CCSCC2)CCCCCC1. The lowest BCUT2D eigenvalue weighted by molar-refractivity contribution is 0.134. The predicted molar refractivity (Wildman–Crippen MR) is 64.9 cm³/mol. The van der Waals surface area contributed by atoms with E-state index in [1.807, 2.05) is 11.8 Å². The summed E-state index contributed by atoms with van der Waals surface area (Å²) in [5.41, 5.74) is -0.0997. The molecule has 2 rings (SSSR count). The van der Waals surface area contributed by atoms with Gasteiger partial charge >= 0.3 is 0 Å². The zero-order valence-electron chi connectivity index (χ0n) is 9.37. The molecule has 0 N–H and O–H groups in total. The van der Waals surface area contributed by atoms with Crippen molar-refractivity contribution in [2.24, 2.45) is 0 Å². The highest BCUT2D eigenvalue weighted by atomic mass is 32.2. The van der Waals surface area contributed by atoms with E-state index in [1.165, 1.54) is 37.2 Å². The van der Waals surface area contributed by atoms with Crippen LogP contribution in [-0.2, 0) is 0 Å². The lowest BCUT2D eigenvalue weighted by Crippen LogP contribution is -2.51. The summed E-state index contributed by atoms with van der Waals surface area (Å²) in [6.07, 6.45) is 7.36. The van der Waals surface area contributed by atoms with E-state index in [0.717, 1.165) is 25.9 Å². The molecule has 2 aliphatic rings. The summed E-state index contributed by atoms with van der Waals surface area (Å²) < 4.78 is 0. The summed E-state index contributed by atoms with van der Waals surface area (Å²) in [5.74, 6) is 2.42. The molecule has 0 amide bonds. The van der Waals surface area contributed by atoms with Gasteiger partial charge in [0, 0.05) is 24.6 Å². The van der Waals surface area contributed by atoms with Crippen molar-refractivity contribution in [2.75, 3.05) is 24.6 Å². The molecular weight excluding hydrogens is 204 g/mol. The van der Waals surface area contributed by atoms with Crippen LogP contribution in [0.4, 0.5) is 0 Å². The van der Waals surface area contributed by atoms with Crippen LogP contribution < -0.4 is 0 Å². The van der Waals surface area contributed by atoms with Crippen molar-refractivity contribution in [3.63, 3.8) is 0 Å². The lowest BCUT2D eigenvalue weighted by Gasteiger charge is -2.40. The van der Waals surface area contributed by atoms with Gasteiger partial charge in [-0.1, -0.05) is 25.7 Å². The molecule has 0 bridgehead atoms. The highest BCUT2D eigenvalue weighted by Gasteiger charge is 2.37. The molecule has 15 heavy (non-hydrogen) atoms. The normalized spacial score (nSPS) is 27.9. The van der Waals surface area contributed by atoms with Crippen LogP contribution in [-0.4, -0.2) is 35.0 Å². The number of hydrogen-bond donors (Lipinski definition) is 0. The second-order valence-corrected chi connectivity index (χ2v) is 5.88. The Morgan fingerprint density at radius 2 is 1.60 bits per heavy atom. The lowest BCUT2D eigenvalue weighted by atomic mass is 9.89. The molecule has 0 radical (unpaired) electrons. The Labute approximate surface area is 97.0 Å². The van der Waals surface area contributed by atoms with Gasteiger partial charge in [-0.15, -0.1) is 0 Å². The van der Waals surface area contributed by atoms with Crippen molar-refractivity contribution in [1.29, 1.82) is 5.26 Å². The average Bonchev–Trinajstić information content (AvgIpc) is 2.56. The molecule has 84 valence electrons. The molecule has 0 aromatic carbocycles. The number of rotatable bonds is 1. The van der Waals surface area contributed by atoms with Gasteiger partial charge in [-0.05, 0) is 12.8 Å². The Morgan fingerprint density at radius 3 is 2.13 bits per heavy atom. The molecule has 1 saturated carbocycles. The van der Waals surface area contributed by atoms with Gasteiger partial charge in [0.15, 0.2) is 0 Å².